The molecule has 2 aliphatic rings. The van der Waals surface area contributed by atoms with E-state index in [0.29, 0.717) is 37.1 Å². The molecular weight excluding hydrogens is 408 g/mol. The zero-order valence-corrected chi connectivity index (χ0v) is 18.6. The number of carbonyl (C=O) groups is 1. The van der Waals surface area contributed by atoms with Gasteiger partial charge in [0.15, 0.2) is 11.8 Å². The number of allylic oxidation sites excluding steroid dienone is 2. The predicted octanol–water partition coefficient (Wildman–Crippen LogP) is 1.89. The summed E-state index contributed by atoms with van der Waals surface area (Å²) in [5, 5.41) is 23.7. The Hall–Kier alpha value is -3.13. The number of nitrogens with one attached hydrogen (secondary N) is 1. The second-order valence-corrected chi connectivity index (χ2v) is 8.15. The summed E-state index contributed by atoms with van der Waals surface area (Å²) in [6, 6.07) is 8.13. The number of hydrogen-bond donors (Lipinski definition) is 3. The standard InChI is InChI=1S/C24H32N4O4/c1-2-32-21-10-6-5-9-20(21)27-15-13-26(14-16-27)12-11-25-22(29)17-28-23(30)18-7-3-4-8-19(18)24(28)31/h3-6,9-10,30-31H,2,7-8,11-17H2,1H3,(H,25,29). The van der Waals surface area contributed by atoms with Crippen LogP contribution in [0.2, 0.25) is 0 Å². The molecule has 0 saturated carbocycles. The number of fused-ring (bicyclic) bond motifs is 1. The molecule has 32 heavy (non-hydrogen) atoms. The normalized spacial score (nSPS) is 16.1. The van der Waals surface area contributed by atoms with Gasteiger partial charge < -0.3 is 25.2 Å². The zero-order valence-electron chi connectivity index (χ0n) is 18.6. The first-order valence-corrected chi connectivity index (χ1v) is 11.3. The minimum atomic E-state index is -0.222. The van der Waals surface area contributed by atoms with Crippen LogP contribution in [0.15, 0.2) is 36.4 Å². The highest BCUT2D eigenvalue weighted by atomic mass is 16.5. The van der Waals surface area contributed by atoms with Crippen LogP contribution in [0.1, 0.15) is 18.1 Å². The van der Waals surface area contributed by atoms with Crippen molar-refractivity contribution in [1.82, 2.24) is 14.8 Å². The van der Waals surface area contributed by atoms with Crippen LogP contribution in [0, 0.1) is 0 Å². The number of rotatable bonds is 8. The lowest BCUT2D eigenvalue weighted by molar-refractivity contribution is -0.121. The first-order valence-electron chi connectivity index (χ1n) is 11.3. The Bertz CT molecular complexity index is 945. The summed E-state index contributed by atoms with van der Waals surface area (Å²) in [6.07, 6.45) is 5.07. The topological polar surface area (TPSA) is 90.2 Å². The number of nitrogens with zero attached hydrogens (tertiary/aromatic N) is 3. The predicted molar refractivity (Wildman–Crippen MR) is 124 cm³/mol. The SMILES string of the molecule is CCOc1ccccc1N1CCN(CCNC(=O)Cn2c(O)c3c(c2O)CC=CC3)CC1. The van der Waals surface area contributed by atoms with Crippen molar-refractivity contribution in [3.63, 3.8) is 0 Å². The Balaban J connectivity index is 1.23. The second-order valence-electron chi connectivity index (χ2n) is 8.15. The van der Waals surface area contributed by atoms with Gasteiger partial charge in [0.05, 0.1) is 12.3 Å². The van der Waals surface area contributed by atoms with Crippen LogP contribution in [-0.2, 0) is 24.2 Å². The quantitative estimate of drug-likeness (QED) is 0.543. The fraction of sp³-hybridized carbons (Fsp3) is 0.458. The molecular formula is C24H32N4O4. The Morgan fingerprint density at radius 3 is 2.34 bits per heavy atom. The fourth-order valence-electron chi connectivity index (χ4n) is 4.44. The molecule has 8 nitrogen and oxygen atoms in total. The number of hydrogen-bond acceptors (Lipinski definition) is 6. The van der Waals surface area contributed by atoms with Gasteiger partial charge in [0.1, 0.15) is 12.3 Å². The molecule has 3 N–H and O–H groups in total. The number of anilines is 1. The summed E-state index contributed by atoms with van der Waals surface area (Å²) >= 11 is 0. The smallest absolute Gasteiger partial charge is 0.240 e. The lowest BCUT2D eigenvalue weighted by Crippen LogP contribution is -2.48. The number of piperazine rings is 1. The molecule has 172 valence electrons. The molecule has 1 amide bonds. The molecule has 0 bridgehead atoms. The van der Waals surface area contributed by atoms with E-state index in [1.165, 1.54) is 4.57 Å². The summed E-state index contributed by atoms with van der Waals surface area (Å²) in [7, 11) is 0. The summed E-state index contributed by atoms with van der Waals surface area (Å²) in [5.74, 6) is 0.672. The van der Waals surface area contributed by atoms with Gasteiger partial charge in [0, 0.05) is 50.4 Å². The summed E-state index contributed by atoms with van der Waals surface area (Å²) < 4.78 is 7.05. The van der Waals surface area contributed by atoms with Crippen LogP contribution in [0.4, 0.5) is 5.69 Å². The molecule has 0 spiro atoms. The van der Waals surface area contributed by atoms with Crippen LogP contribution in [0.25, 0.3) is 0 Å². The maximum Gasteiger partial charge on any atom is 0.240 e. The number of para-hydroxylation sites is 2. The molecule has 1 fully saturated rings. The highest BCUT2D eigenvalue weighted by molar-refractivity contribution is 5.76. The number of amides is 1. The molecule has 8 heteroatoms. The Morgan fingerprint density at radius 2 is 1.69 bits per heavy atom. The van der Waals surface area contributed by atoms with E-state index in [2.05, 4.69) is 21.2 Å². The molecule has 1 aliphatic carbocycles. The van der Waals surface area contributed by atoms with E-state index in [9.17, 15) is 15.0 Å². The molecule has 4 rings (SSSR count). The van der Waals surface area contributed by atoms with Crippen molar-refractivity contribution >= 4 is 11.6 Å². The third-order valence-corrected chi connectivity index (χ3v) is 6.16. The molecule has 1 aliphatic heterocycles. The number of benzene rings is 1. The Morgan fingerprint density at radius 1 is 1.03 bits per heavy atom. The average molecular weight is 441 g/mol. The second kappa shape index (κ2) is 9.99. The lowest BCUT2D eigenvalue weighted by atomic mass is 10.0. The van der Waals surface area contributed by atoms with Gasteiger partial charge in [-0.25, -0.2) is 0 Å². The summed E-state index contributed by atoms with van der Waals surface area (Å²) in [4.78, 5) is 17.1. The monoisotopic (exact) mass is 440 g/mol. The van der Waals surface area contributed by atoms with Gasteiger partial charge in [-0.2, -0.15) is 0 Å². The van der Waals surface area contributed by atoms with E-state index in [-0.39, 0.29) is 24.2 Å². The van der Waals surface area contributed by atoms with E-state index < -0.39 is 0 Å². The van der Waals surface area contributed by atoms with Crippen LogP contribution in [-0.4, -0.2) is 71.5 Å². The first kappa shape index (κ1) is 22.1. The van der Waals surface area contributed by atoms with Crippen molar-refractivity contribution in [2.24, 2.45) is 0 Å². The number of aromatic nitrogens is 1. The summed E-state index contributed by atoms with van der Waals surface area (Å²) in [6.45, 7) is 7.47. The van der Waals surface area contributed by atoms with Crippen LogP contribution in [0.3, 0.4) is 0 Å². The van der Waals surface area contributed by atoms with E-state index >= 15 is 0 Å². The maximum absolute atomic E-state index is 12.4. The summed E-state index contributed by atoms with van der Waals surface area (Å²) in [5.41, 5.74) is 2.55. The van der Waals surface area contributed by atoms with Crippen molar-refractivity contribution in [2.75, 3.05) is 50.8 Å². The molecule has 1 aromatic carbocycles. The van der Waals surface area contributed by atoms with Crippen molar-refractivity contribution < 1.29 is 19.7 Å². The molecule has 2 heterocycles. The van der Waals surface area contributed by atoms with Gasteiger partial charge in [-0.15, -0.1) is 0 Å². The third kappa shape index (κ3) is 4.70. The molecule has 2 aromatic rings. The highest BCUT2D eigenvalue weighted by Gasteiger charge is 2.24. The number of aromatic hydroxyl groups is 2. The van der Waals surface area contributed by atoms with Gasteiger partial charge in [-0.05, 0) is 31.9 Å². The van der Waals surface area contributed by atoms with Crippen molar-refractivity contribution in [2.45, 2.75) is 26.3 Å². The van der Waals surface area contributed by atoms with Gasteiger partial charge in [0.2, 0.25) is 5.91 Å². The van der Waals surface area contributed by atoms with Gasteiger partial charge >= 0.3 is 0 Å². The largest absolute Gasteiger partial charge is 0.494 e. The van der Waals surface area contributed by atoms with E-state index in [1.807, 2.05) is 37.3 Å². The molecule has 0 atom stereocenters. The van der Waals surface area contributed by atoms with Gasteiger partial charge in [0.25, 0.3) is 0 Å². The van der Waals surface area contributed by atoms with Crippen LogP contribution >= 0.6 is 0 Å². The Kier molecular flexibility index (Phi) is 6.90. The van der Waals surface area contributed by atoms with Crippen LogP contribution < -0.4 is 15.0 Å². The van der Waals surface area contributed by atoms with Crippen molar-refractivity contribution in [3.8, 4) is 17.5 Å². The minimum absolute atomic E-state index is 0.0135. The fourth-order valence-corrected chi connectivity index (χ4v) is 4.44. The minimum Gasteiger partial charge on any atom is -0.494 e. The average Bonchev–Trinajstić information content (AvgIpc) is 3.05. The third-order valence-electron chi connectivity index (χ3n) is 6.16. The zero-order chi connectivity index (χ0) is 22.5. The molecule has 0 radical (unpaired) electrons. The van der Waals surface area contributed by atoms with Crippen molar-refractivity contribution in [3.05, 3.63) is 47.5 Å². The molecule has 1 aromatic heterocycles. The maximum atomic E-state index is 12.4. The molecule has 1 saturated heterocycles. The van der Waals surface area contributed by atoms with E-state index in [1.54, 1.807) is 0 Å². The van der Waals surface area contributed by atoms with Gasteiger partial charge in [-0.1, -0.05) is 24.3 Å². The lowest BCUT2D eigenvalue weighted by Gasteiger charge is -2.36. The van der Waals surface area contributed by atoms with Crippen molar-refractivity contribution in [1.29, 1.82) is 0 Å². The molecule has 0 unspecified atom stereocenters. The Labute approximate surface area is 188 Å². The number of ether oxygens (including phenoxy) is 1. The highest BCUT2D eigenvalue weighted by Crippen LogP contribution is 2.36. The van der Waals surface area contributed by atoms with Gasteiger partial charge in [-0.3, -0.25) is 14.3 Å². The van der Waals surface area contributed by atoms with Crippen LogP contribution in [0.5, 0.6) is 17.5 Å². The first-order chi connectivity index (χ1) is 15.6. The van der Waals surface area contributed by atoms with E-state index in [4.69, 9.17) is 4.74 Å². The number of carbonyl (C=O) groups excluding carboxylic acids is 1. The van der Waals surface area contributed by atoms with E-state index in [0.717, 1.165) is 44.2 Å².